The molecule has 3 aromatic carbocycles. The van der Waals surface area contributed by atoms with Crippen molar-refractivity contribution in [3.63, 3.8) is 0 Å². The second-order valence-corrected chi connectivity index (χ2v) is 15.6. The van der Waals surface area contributed by atoms with Gasteiger partial charge in [0.2, 0.25) is 11.9 Å². The Kier molecular flexibility index (Phi) is 12.9. The highest BCUT2D eigenvalue weighted by molar-refractivity contribution is 5.95. The smallest absolute Gasteiger partial charge is 0.324 e. The Morgan fingerprint density at radius 1 is 1.03 bits per heavy atom. The van der Waals surface area contributed by atoms with E-state index in [2.05, 4.69) is 10.3 Å². The highest BCUT2D eigenvalue weighted by Gasteiger charge is 2.65. The number of aliphatic hydroxyl groups is 6. The zero-order valence-electron chi connectivity index (χ0n) is 34.2. The van der Waals surface area contributed by atoms with Crippen LogP contribution in [-0.4, -0.2) is 140 Å². The van der Waals surface area contributed by atoms with Crippen molar-refractivity contribution in [1.82, 2.24) is 10.4 Å². The number of esters is 1. The second kappa shape index (κ2) is 18.0. The Bertz CT molecular complexity index is 2520. The predicted octanol–water partition coefficient (Wildman–Crippen LogP) is 0.861. The molecular weight excluding hydrogens is 826 g/mol. The van der Waals surface area contributed by atoms with E-state index in [4.69, 9.17) is 23.5 Å². The van der Waals surface area contributed by atoms with E-state index in [9.17, 15) is 55.2 Å². The first kappa shape index (κ1) is 45.0. The molecule has 1 aromatic heterocycles. The van der Waals surface area contributed by atoms with Crippen molar-refractivity contribution in [2.24, 2.45) is 10.9 Å². The summed E-state index contributed by atoms with van der Waals surface area (Å²) in [6.45, 7) is 0.590. The number of hydrogen-bond acceptors (Lipinski definition) is 18. The largest absolute Gasteiger partial charge is 0.508 e. The van der Waals surface area contributed by atoms with Gasteiger partial charge in [0.15, 0.2) is 17.5 Å². The molecule has 3 aliphatic rings. The monoisotopic (exact) mass is 873 g/mol. The third kappa shape index (κ3) is 8.45. The number of rotatable bonds is 16. The minimum Gasteiger partial charge on any atom is -0.508 e. The van der Waals surface area contributed by atoms with Crippen LogP contribution in [0.3, 0.4) is 0 Å². The van der Waals surface area contributed by atoms with Gasteiger partial charge in [-0.1, -0.05) is 29.3 Å². The number of carboxylic acid groups (broad SMARTS) is 1. The number of phenols is 1. The summed E-state index contributed by atoms with van der Waals surface area (Å²) in [5.74, 6) is -8.80. The van der Waals surface area contributed by atoms with Crippen molar-refractivity contribution in [3.05, 3.63) is 111 Å². The third-order valence-electron chi connectivity index (χ3n) is 11.2. The summed E-state index contributed by atoms with van der Waals surface area (Å²) in [6, 6.07) is 14.4. The summed E-state index contributed by atoms with van der Waals surface area (Å²) in [5.41, 5.74) is 1.76. The lowest BCUT2D eigenvalue weighted by Gasteiger charge is -2.52. The molecule has 4 heterocycles. The fraction of sp³-hybridized carbons (Fsp3) is 0.364. The van der Waals surface area contributed by atoms with E-state index in [1.165, 1.54) is 60.8 Å². The number of benzene rings is 3. The van der Waals surface area contributed by atoms with Crippen LogP contribution < -0.4 is 15.5 Å². The van der Waals surface area contributed by atoms with Crippen molar-refractivity contribution in [1.29, 1.82) is 0 Å². The van der Waals surface area contributed by atoms with Crippen molar-refractivity contribution in [2.75, 3.05) is 33.4 Å². The van der Waals surface area contributed by atoms with Gasteiger partial charge in [-0.2, -0.15) is 0 Å². The van der Waals surface area contributed by atoms with Gasteiger partial charge in [0.05, 0.1) is 35.5 Å². The first-order valence-electron chi connectivity index (χ1n) is 19.8. The summed E-state index contributed by atoms with van der Waals surface area (Å²) >= 11 is 0. The number of aryl methyl sites for hydroxylation is 2. The summed E-state index contributed by atoms with van der Waals surface area (Å²) in [6.07, 6.45) is -4.79. The van der Waals surface area contributed by atoms with Gasteiger partial charge in [-0.05, 0) is 75.4 Å². The molecule has 1 fully saturated rings. The lowest BCUT2D eigenvalue weighted by molar-refractivity contribution is -0.408. The van der Waals surface area contributed by atoms with Crippen LogP contribution in [0.1, 0.15) is 23.1 Å². The SMILES string of the molecule is CN[C@H](CCO)[C@@H](C(=O)O)C(=O)O[C@](O)(CO)[C@@H]1O[C@H](Oc2ccc3c(=O)c(-c4ccc(O)cc4)coc3c2)[C@@](CO)(ON2CC3=CC=NC3=C2c2cc(C)cc(C)c2)[C@H](O)[C@H]1O. The molecular formula is C44H47N3O16. The number of nitrogens with one attached hydrogen (secondary N) is 1. The Morgan fingerprint density at radius 2 is 1.75 bits per heavy atom. The number of fused-ring (bicyclic) bond motifs is 2. The fourth-order valence-corrected chi connectivity index (χ4v) is 8.07. The lowest BCUT2D eigenvalue weighted by atomic mass is 9.84. The van der Waals surface area contributed by atoms with Crippen LogP contribution in [-0.2, 0) is 23.9 Å². The molecule has 334 valence electrons. The van der Waals surface area contributed by atoms with E-state index in [0.29, 0.717) is 28.1 Å². The number of ether oxygens (including phenoxy) is 3. The number of allylic oxidation sites excluding steroid dienone is 1. The molecule has 0 aliphatic carbocycles. The van der Waals surface area contributed by atoms with Crippen LogP contribution in [0.25, 0.3) is 27.8 Å². The number of carbonyl (C=O) groups is 2. The molecule has 9 N–H and O–H groups in total. The molecule has 8 atom stereocenters. The van der Waals surface area contributed by atoms with Gasteiger partial charge < -0.3 is 64.8 Å². The first-order valence-corrected chi connectivity index (χ1v) is 19.8. The van der Waals surface area contributed by atoms with E-state index < -0.39 is 85.1 Å². The number of aliphatic imine (C=N–C) groups is 1. The van der Waals surface area contributed by atoms with Crippen molar-refractivity contribution in [2.45, 2.75) is 62.3 Å². The average Bonchev–Trinajstić information content (AvgIpc) is 3.84. The van der Waals surface area contributed by atoms with Gasteiger partial charge in [-0.25, -0.2) is 5.06 Å². The number of aliphatic hydroxyl groups excluding tert-OH is 5. The molecule has 0 unspecified atom stereocenters. The molecule has 7 rings (SSSR count). The van der Waals surface area contributed by atoms with Gasteiger partial charge in [0.1, 0.15) is 42.2 Å². The maximum absolute atomic E-state index is 13.6. The molecule has 19 nitrogen and oxygen atoms in total. The van der Waals surface area contributed by atoms with E-state index in [0.717, 1.165) is 11.1 Å². The van der Waals surface area contributed by atoms with Crippen LogP contribution in [0, 0.1) is 19.8 Å². The summed E-state index contributed by atoms with van der Waals surface area (Å²) in [5, 5.41) is 90.7. The van der Waals surface area contributed by atoms with Crippen LogP contribution in [0.5, 0.6) is 11.5 Å². The summed E-state index contributed by atoms with van der Waals surface area (Å²) in [7, 11) is 1.33. The molecule has 0 radical (unpaired) electrons. The van der Waals surface area contributed by atoms with Gasteiger partial charge in [0, 0.05) is 36.1 Å². The van der Waals surface area contributed by atoms with Gasteiger partial charge >= 0.3 is 11.9 Å². The minimum absolute atomic E-state index is 0.00436. The number of phenolic OH excluding ortho intramolecular Hbond substituents is 1. The molecule has 4 aromatic rings. The maximum atomic E-state index is 13.6. The molecule has 63 heavy (non-hydrogen) atoms. The van der Waals surface area contributed by atoms with Crippen molar-refractivity contribution in [3.8, 4) is 22.6 Å². The highest BCUT2D eigenvalue weighted by Crippen LogP contribution is 2.44. The molecule has 3 aliphatic heterocycles. The number of hydrogen-bond donors (Lipinski definition) is 9. The van der Waals surface area contributed by atoms with Gasteiger partial charge in [-0.3, -0.25) is 24.2 Å². The molecule has 1 saturated heterocycles. The molecule has 19 heteroatoms. The van der Waals surface area contributed by atoms with Crippen LogP contribution in [0.4, 0.5) is 0 Å². The van der Waals surface area contributed by atoms with E-state index >= 15 is 0 Å². The Labute approximate surface area is 358 Å². The maximum Gasteiger partial charge on any atom is 0.324 e. The Hall–Kier alpha value is -6.00. The average molecular weight is 874 g/mol. The van der Waals surface area contributed by atoms with E-state index in [1.807, 2.05) is 32.0 Å². The zero-order chi connectivity index (χ0) is 45.4. The van der Waals surface area contributed by atoms with Gasteiger partial charge in [-0.15, -0.1) is 0 Å². The number of aromatic hydroxyl groups is 1. The number of aliphatic carboxylic acids is 1. The van der Waals surface area contributed by atoms with Crippen molar-refractivity contribution >= 4 is 34.8 Å². The van der Waals surface area contributed by atoms with E-state index in [-0.39, 0.29) is 41.0 Å². The minimum atomic E-state index is -3.29. The van der Waals surface area contributed by atoms with Gasteiger partial charge in [0.25, 0.3) is 5.79 Å². The first-order chi connectivity index (χ1) is 30.1. The number of carbonyl (C=O) groups excluding carboxylic acids is 1. The Balaban J connectivity index is 1.30. The summed E-state index contributed by atoms with van der Waals surface area (Å²) < 4.78 is 23.4. The highest BCUT2D eigenvalue weighted by atomic mass is 16.8. The second-order valence-electron chi connectivity index (χ2n) is 15.6. The van der Waals surface area contributed by atoms with Crippen LogP contribution in [0.2, 0.25) is 0 Å². The normalized spacial score (nSPS) is 23.9. The quantitative estimate of drug-likeness (QED) is 0.0429. The topological polar surface area (TPSA) is 291 Å². The third-order valence-corrected chi connectivity index (χ3v) is 11.2. The molecule has 0 saturated carbocycles. The number of carboxylic acids is 1. The summed E-state index contributed by atoms with van der Waals surface area (Å²) in [4.78, 5) is 50.4. The predicted molar refractivity (Wildman–Crippen MR) is 222 cm³/mol. The van der Waals surface area contributed by atoms with Crippen LogP contribution >= 0.6 is 0 Å². The zero-order valence-corrected chi connectivity index (χ0v) is 34.2. The fourth-order valence-electron chi connectivity index (χ4n) is 8.07. The molecule has 0 spiro atoms. The lowest BCUT2D eigenvalue weighted by Crippen LogP contribution is -2.75. The van der Waals surface area contributed by atoms with Crippen molar-refractivity contribution < 1.29 is 73.9 Å². The van der Waals surface area contributed by atoms with E-state index in [1.54, 1.807) is 12.3 Å². The Morgan fingerprint density at radius 3 is 2.38 bits per heavy atom. The molecule has 0 bridgehead atoms. The molecule has 0 amide bonds. The van der Waals surface area contributed by atoms with Crippen LogP contribution in [0.15, 0.2) is 98.5 Å². The standard InChI is InChI=1S/C44H47N3O16/c1-22-14-23(2)16-26(15-22)35-34-25(10-12-46-34)18-47(35)63-43(20-49)38(54)37(53)39(44(58,21-50)62-41(57)33(40(55)56)31(45-3)11-13-48)61-42(43)60-28-8-9-29-32(17-28)59-19-30(36(29)52)24-4-6-27(51)7-5-24/h4-10,12,14-17,19,31,33,37-39,42,45,48-51,53-54,58H,11,13,18,20-21H2,1-3H3,(H,55,56)/t31-,33+,37-,38-,39-,42+,43+,44-/m1/s1. The number of nitrogens with zero attached hydrogens (tertiary/aromatic N) is 2. The number of hydroxylamine groups is 2.